The summed E-state index contributed by atoms with van der Waals surface area (Å²) < 4.78 is 0. The molecule has 112 valence electrons. The molecule has 0 aliphatic carbocycles. The van der Waals surface area contributed by atoms with Crippen LogP contribution in [-0.4, -0.2) is 58.2 Å². The summed E-state index contributed by atoms with van der Waals surface area (Å²) in [6.45, 7) is 4.47. The molecule has 0 unspecified atom stereocenters. The van der Waals surface area contributed by atoms with Crippen LogP contribution in [0.3, 0.4) is 0 Å². The van der Waals surface area contributed by atoms with Crippen molar-refractivity contribution in [3.8, 4) is 0 Å². The van der Waals surface area contributed by atoms with Crippen molar-refractivity contribution < 1.29 is 5.11 Å². The van der Waals surface area contributed by atoms with Crippen LogP contribution < -0.4 is 10.6 Å². The predicted octanol–water partition coefficient (Wildman–Crippen LogP) is 0.113. The zero-order chi connectivity index (χ0) is 14.7. The Kier molecular flexibility index (Phi) is 4.72. The summed E-state index contributed by atoms with van der Waals surface area (Å²) >= 11 is 0. The number of nitrogens with two attached hydrogens (primary N) is 1. The fourth-order valence-corrected chi connectivity index (χ4v) is 2.49. The van der Waals surface area contributed by atoms with Crippen molar-refractivity contribution in [1.82, 2.24) is 19.9 Å². The van der Waals surface area contributed by atoms with Crippen molar-refractivity contribution in [1.29, 1.82) is 0 Å². The molecule has 1 aliphatic rings. The van der Waals surface area contributed by atoms with Crippen LogP contribution in [0.1, 0.15) is 25.6 Å². The second kappa shape index (κ2) is 6.32. The van der Waals surface area contributed by atoms with Gasteiger partial charge in [-0.3, -0.25) is 4.90 Å². The summed E-state index contributed by atoms with van der Waals surface area (Å²) in [6, 6.07) is 0. The number of aromatic nitrogens is 3. The van der Waals surface area contributed by atoms with E-state index >= 15 is 0 Å². The fraction of sp³-hybridized carbons (Fsp3) is 0.769. The van der Waals surface area contributed by atoms with Gasteiger partial charge in [-0.25, -0.2) is 0 Å². The zero-order valence-electron chi connectivity index (χ0n) is 12.5. The second-order valence-corrected chi connectivity index (χ2v) is 5.66. The van der Waals surface area contributed by atoms with E-state index in [1.807, 2.05) is 25.9 Å². The molecule has 0 aromatic carbocycles. The van der Waals surface area contributed by atoms with Crippen LogP contribution in [0.2, 0.25) is 0 Å². The molecule has 7 nitrogen and oxygen atoms in total. The Morgan fingerprint density at radius 2 is 1.95 bits per heavy atom. The Balaban J connectivity index is 1.97. The van der Waals surface area contributed by atoms with Crippen molar-refractivity contribution >= 4 is 11.9 Å². The van der Waals surface area contributed by atoms with Gasteiger partial charge in [0.1, 0.15) is 5.82 Å². The van der Waals surface area contributed by atoms with Crippen LogP contribution in [0.15, 0.2) is 0 Å². The standard InChI is InChI=1S/C13H24N6O/c1-9(20)10-4-6-19(7-5-10)8-11-15-12(14)17-13(16-11)18(2)3/h9-10,20H,4-8H2,1-3H3,(H2,14,15,16,17)/t9-/m1/s1. The third-order valence-electron chi connectivity index (χ3n) is 3.77. The Hall–Kier alpha value is -1.47. The third-order valence-corrected chi connectivity index (χ3v) is 3.77. The Bertz CT molecular complexity index is 442. The number of aliphatic hydroxyl groups is 1. The molecular formula is C13H24N6O. The van der Waals surface area contributed by atoms with E-state index < -0.39 is 0 Å². The van der Waals surface area contributed by atoms with Gasteiger partial charge in [0, 0.05) is 14.1 Å². The molecule has 0 amide bonds. The zero-order valence-corrected chi connectivity index (χ0v) is 12.5. The summed E-state index contributed by atoms with van der Waals surface area (Å²) in [5.74, 6) is 1.97. The molecule has 2 heterocycles. The largest absolute Gasteiger partial charge is 0.393 e. The Morgan fingerprint density at radius 1 is 1.30 bits per heavy atom. The first kappa shape index (κ1) is 14.9. The van der Waals surface area contributed by atoms with Crippen LogP contribution in [0.4, 0.5) is 11.9 Å². The average molecular weight is 280 g/mol. The Labute approximate surface area is 119 Å². The summed E-state index contributed by atoms with van der Waals surface area (Å²) in [6.07, 6.45) is 1.81. The number of piperidine rings is 1. The highest BCUT2D eigenvalue weighted by Crippen LogP contribution is 2.21. The molecule has 1 aromatic rings. The highest BCUT2D eigenvalue weighted by Gasteiger charge is 2.23. The number of rotatable bonds is 4. The van der Waals surface area contributed by atoms with E-state index in [2.05, 4.69) is 19.9 Å². The molecule has 7 heteroatoms. The van der Waals surface area contributed by atoms with Crippen LogP contribution in [-0.2, 0) is 6.54 Å². The molecular weight excluding hydrogens is 256 g/mol. The number of aliphatic hydroxyl groups excluding tert-OH is 1. The molecule has 20 heavy (non-hydrogen) atoms. The van der Waals surface area contributed by atoms with Gasteiger partial charge in [0.2, 0.25) is 11.9 Å². The van der Waals surface area contributed by atoms with Crippen molar-refractivity contribution in [3.05, 3.63) is 5.82 Å². The minimum absolute atomic E-state index is 0.217. The van der Waals surface area contributed by atoms with Gasteiger partial charge in [0.25, 0.3) is 0 Å². The minimum Gasteiger partial charge on any atom is -0.393 e. The number of hydrogen-bond acceptors (Lipinski definition) is 7. The van der Waals surface area contributed by atoms with Gasteiger partial charge >= 0.3 is 0 Å². The lowest BCUT2D eigenvalue weighted by Crippen LogP contribution is -2.37. The SMILES string of the molecule is C[C@@H](O)C1CCN(Cc2nc(N)nc(N(C)C)n2)CC1. The maximum atomic E-state index is 9.61. The van der Waals surface area contributed by atoms with Crippen molar-refractivity contribution in [2.24, 2.45) is 5.92 Å². The summed E-state index contributed by atoms with van der Waals surface area (Å²) in [5.41, 5.74) is 5.72. The van der Waals surface area contributed by atoms with E-state index in [4.69, 9.17) is 5.73 Å². The average Bonchev–Trinajstić information content (AvgIpc) is 2.38. The predicted molar refractivity (Wildman–Crippen MR) is 78.2 cm³/mol. The molecule has 1 aromatic heterocycles. The maximum Gasteiger partial charge on any atom is 0.229 e. The lowest BCUT2D eigenvalue weighted by Gasteiger charge is -2.32. The number of nitrogens with zero attached hydrogens (tertiary/aromatic N) is 5. The third kappa shape index (κ3) is 3.77. The van der Waals surface area contributed by atoms with Crippen LogP contribution in [0, 0.1) is 5.92 Å². The van der Waals surface area contributed by atoms with Gasteiger partial charge in [-0.15, -0.1) is 0 Å². The lowest BCUT2D eigenvalue weighted by molar-refractivity contribution is 0.0687. The van der Waals surface area contributed by atoms with E-state index in [0.717, 1.165) is 25.9 Å². The summed E-state index contributed by atoms with van der Waals surface area (Å²) in [5, 5.41) is 9.61. The first-order valence-electron chi connectivity index (χ1n) is 7.04. The highest BCUT2D eigenvalue weighted by molar-refractivity contribution is 5.32. The fourth-order valence-electron chi connectivity index (χ4n) is 2.49. The maximum absolute atomic E-state index is 9.61. The Morgan fingerprint density at radius 3 is 2.50 bits per heavy atom. The van der Waals surface area contributed by atoms with E-state index in [0.29, 0.717) is 24.2 Å². The molecule has 0 bridgehead atoms. The molecule has 1 aliphatic heterocycles. The highest BCUT2D eigenvalue weighted by atomic mass is 16.3. The molecule has 1 saturated heterocycles. The van der Waals surface area contributed by atoms with Gasteiger partial charge in [0.15, 0.2) is 0 Å². The van der Waals surface area contributed by atoms with Crippen LogP contribution in [0.5, 0.6) is 0 Å². The minimum atomic E-state index is -0.217. The van der Waals surface area contributed by atoms with Gasteiger partial charge in [-0.2, -0.15) is 15.0 Å². The van der Waals surface area contributed by atoms with E-state index in [1.54, 1.807) is 0 Å². The molecule has 2 rings (SSSR count). The van der Waals surface area contributed by atoms with Gasteiger partial charge < -0.3 is 15.7 Å². The second-order valence-electron chi connectivity index (χ2n) is 5.66. The van der Waals surface area contributed by atoms with Crippen LogP contribution in [0.25, 0.3) is 0 Å². The molecule has 3 N–H and O–H groups in total. The topological polar surface area (TPSA) is 91.4 Å². The molecule has 0 saturated carbocycles. The summed E-state index contributed by atoms with van der Waals surface area (Å²) in [7, 11) is 3.76. The monoisotopic (exact) mass is 280 g/mol. The quantitative estimate of drug-likeness (QED) is 0.809. The van der Waals surface area contributed by atoms with Crippen LogP contribution >= 0.6 is 0 Å². The molecule has 0 spiro atoms. The van der Waals surface area contributed by atoms with E-state index in [9.17, 15) is 5.11 Å². The van der Waals surface area contributed by atoms with Gasteiger partial charge in [-0.05, 0) is 38.8 Å². The van der Waals surface area contributed by atoms with Crippen molar-refractivity contribution in [2.45, 2.75) is 32.4 Å². The first-order chi connectivity index (χ1) is 9.45. The normalized spacial score (nSPS) is 19.0. The smallest absolute Gasteiger partial charge is 0.229 e. The van der Waals surface area contributed by atoms with E-state index in [-0.39, 0.29) is 12.1 Å². The van der Waals surface area contributed by atoms with Crippen molar-refractivity contribution in [2.75, 3.05) is 37.8 Å². The molecule has 1 fully saturated rings. The molecule has 0 radical (unpaired) electrons. The summed E-state index contributed by atoms with van der Waals surface area (Å²) in [4.78, 5) is 16.8. The lowest BCUT2D eigenvalue weighted by atomic mass is 9.92. The first-order valence-corrected chi connectivity index (χ1v) is 7.04. The van der Waals surface area contributed by atoms with Crippen molar-refractivity contribution in [3.63, 3.8) is 0 Å². The van der Waals surface area contributed by atoms with Gasteiger partial charge in [-0.1, -0.05) is 0 Å². The number of likely N-dealkylation sites (tertiary alicyclic amines) is 1. The number of hydrogen-bond donors (Lipinski definition) is 2. The molecule has 1 atom stereocenters. The van der Waals surface area contributed by atoms with E-state index in [1.165, 1.54) is 0 Å². The number of anilines is 2. The van der Waals surface area contributed by atoms with Gasteiger partial charge in [0.05, 0.1) is 12.6 Å². The number of nitrogen functional groups attached to an aromatic ring is 1.